The Hall–Kier alpha value is -0.980. The summed E-state index contributed by atoms with van der Waals surface area (Å²) < 4.78 is 0. The van der Waals surface area contributed by atoms with Crippen molar-refractivity contribution in [2.75, 3.05) is 0 Å². The minimum atomic E-state index is 0.750. The van der Waals surface area contributed by atoms with Gasteiger partial charge in [-0.25, -0.2) is 0 Å². The van der Waals surface area contributed by atoms with Crippen molar-refractivity contribution >= 4 is 23.1 Å². The van der Waals surface area contributed by atoms with E-state index >= 15 is 0 Å². The fourth-order valence-corrected chi connectivity index (χ4v) is 4.51. The summed E-state index contributed by atoms with van der Waals surface area (Å²) in [5, 5.41) is 2.44. The Labute approximate surface area is 166 Å². The highest BCUT2D eigenvalue weighted by Gasteiger charge is 2.21. The molecule has 0 N–H and O–H groups in total. The Morgan fingerprint density at radius 1 is 0.846 bits per heavy atom. The molecule has 1 aliphatic rings. The molecule has 1 aromatic rings. The van der Waals surface area contributed by atoms with Gasteiger partial charge in [-0.2, -0.15) is 4.99 Å². The van der Waals surface area contributed by atoms with E-state index in [4.69, 9.17) is 0 Å². The van der Waals surface area contributed by atoms with Crippen LogP contribution in [0.2, 0.25) is 0 Å². The van der Waals surface area contributed by atoms with E-state index in [9.17, 15) is 0 Å². The first-order valence-electron chi connectivity index (χ1n) is 11.0. The SMILES string of the molecule is CCCCCCCCCCCC1CCC(c2ccc(N=C=S)cc2)CC1. The highest BCUT2D eigenvalue weighted by molar-refractivity contribution is 7.78. The van der Waals surface area contributed by atoms with Gasteiger partial charge in [-0.15, -0.1) is 0 Å². The van der Waals surface area contributed by atoms with E-state index in [1.54, 1.807) is 0 Å². The molecule has 0 radical (unpaired) electrons. The Morgan fingerprint density at radius 3 is 2.00 bits per heavy atom. The zero-order valence-electron chi connectivity index (χ0n) is 16.7. The number of thiocarbonyl (C=S) groups is 1. The topological polar surface area (TPSA) is 12.4 Å². The molecule has 26 heavy (non-hydrogen) atoms. The van der Waals surface area contributed by atoms with E-state index in [0.717, 1.165) is 17.5 Å². The van der Waals surface area contributed by atoms with Crippen molar-refractivity contribution in [2.45, 2.75) is 103 Å². The van der Waals surface area contributed by atoms with Crippen LogP contribution in [0.4, 0.5) is 5.69 Å². The van der Waals surface area contributed by atoms with Gasteiger partial charge in [-0.05, 0) is 67.4 Å². The van der Waals surface area contributed by atoms with E-state index in [1.165, 1.54) is 95.5 Å². The smallest absolute Gasteiger partial charge is 0.0739 e. The fourth-order valence-electron chi connectivity index (χ4n) is 4.40. The summed E-state index contributed by atoms with van der Waals surface area (Å²) in [5.74, 6) is 1.73. The molecular weight excluding hydrogens is 334 g/mol. The second-order valence-corrected chi connectivity index (χ2v) is 8.31. The fraction of sp³-hybridized carbons (Fsp3) is 0.708. The quantitative estimate of drug-likeness (QED) is 0.203. The van der Waals surface area contributed by atoms with Crippen LogP contribution < -0.4 is 0 Å². The summed E-state index contributed by atoms with van der Waals surface area (Å²) in [7, 11) is 0. The zero-order valence-corrected chi connectivity index (χ0v) is 17.5. The van der Waals surface area contributed by atoms with Crippen molar-refractivity contribution in [1.82, 2.24) is 0 Å². The molecule has 1 nitrogen and oxygen atoms in total. The first kappa shape index (κ1) is 21.3. The maximum absolute atomic E-state index is 4.67. The molecule has 0 spiro atoms. The van der Waals surface area contributed by atoms with Crippen molar-refractivity contribution in [1.29, 1.82) is 0 Å². The van der Waals surface area contributed by atoms with Crippen molar-refractivity contribution in [3.05, 3.63) is 29.8 Å². The summed E-state index contributed by atoms with van der Waals surface area (Å²) in [6, 6.07) is 8.61. The second kappa shape index (κ2) is 13.2. The monoisotopic (exact) mass is 371 g/mol. The van der Waals surface area contributed by atoms with Crippen LogP contribution in [0.25, 0.3) is 0 Å². The van der Waals surface area contributed by atoms with E-state index in [1.807, 2.05) is 0 Å². The van der Waals surface area contributed by atoms with Crippen LogP contribution >= 0.6 is 12.2 Å². The summed E-state index contributed by atoms with van der Waals surface area (Å²) in [4.78, 5) is 4.04. The number of aliphatic imine (C=N–C) groups is 1. The van der Waals surface area contributed by atoms with Crippen LogP contribution in [-0.4, -0.2) is 5.16 Å². The summed E-state index contributed by atoms with van der Waals surface area (Å²) >= 11 is 4.67. The average molecular weight is 372 g/mol. The lowest BCUT2D eigenvalue weighted by atomic mass is 9.77. The predicted molar refractivity (Wildman–Crippen MR) is 118 cm³/mol. The zero-order chi connectivity index (χ0) is 18.5. The molecule has 0 atom stereocenters. The molecule has 1 aromatic carbocycles. The van der Waals surface area contributed by atoms with Crippen LogP contribution in [-0.2, 0) is 0 Å². The molecule has 2 rings (SSSR count). The first-order valence-corrected chi connectivity index (χ1v) is 11.4. The predicted octanol–water partition coefficient (Wildman–Crippen LogP) is 8.62. The van der Waals surface area contributed by atoms with Gasteiger partial charge in [0.25, 0.3) is 0 Å². The first-order chi connectivity index (χ1) is 12.8. The normalized spacial score (nSPS) is 19.9. The third kappa shape index (κ3) is 8.14. The van der Waals surface area contributed by atoms with Gasteiger partial charge in [0.2, 0.25) is 0 Å². The number of unbranched alkanes of at least 4 members (excludes halogenated alkanes) is 8. The molecule has 1 aliphatic carbocycles. The highest BCUT2D eigenvalue weighted by Crippen LogP contribution is 2.38. The van der Waals surface area contributed by atoms with Crippen molar-refractivity contribution < 1.29 is 0 Å². The van der Waals surface area contributed by atoms with Gasteiger partial charge in [0.1, 0.15) is 0 Å². The van der Waals surface area contributed by atoms with Gasteiger partial charge in [0.05, 0.1) is 10.8 Å². The Balaban J connectivity index is 1.54. The minimum absolute atomic E-state index is 0.750. The summed E-state index contributed by atoms with van der Waals surface area (Å²) in [5.41, 5.74) is 2.40. The van der Waals surface area contributed by atoms with E-state index in [0.29, 0.717) is 0 Å². The van der Waals surface area contributed by atoms with Crippen LogP contribution in [0, 0.1) is 5.92 Å². The maximum atomic E-state index is 4.67. The van der Waals surface area contributed by atoms with Gasteiger partial charge >= 0.3 is 0 Å². The number of hydrogen-bond donors (Lipinski definition) is 0. The number of isothiocyanates is 1. The lowest BCUT2D eigenvalue weighted by Gasteiger charge is -2.29. The molecule has 0 saturated heterocycles. The van der Waals surface area contributed by atoms with Gasteiger partial charge in [0.15, 0.2) is 0 Å². The second-order valence-electron chi connectivity index (χ2n) is 8.13. The number of nitrogens with zero attached hydrogens (tertiary/aromatic N) is 1. The van der Waals surface area contributed by atoms with Crippen LogP contribution in [0.5, 0.6) is 0 Å². The Kier molecular flexibility index (Phi) is 10.8. The molecule has 144 valence electrons. The third-order valence-corrected chi connectivity index (χ3v) is 6.19. The molecule has 1 saturated carbocycles. The molecule has 0 bridgehead atoms. The molecular formula is C24H37NS. The number of hydrogen-bond acceptors (Lipinski definition) is 2. The standard InChI is InChI=1S/C24H37NS/c1-2-3-4-5-6-7-8-9-10-11-21-12-14-22(15-13-21)23-16-18-24(19-17-23)25-20-26/h16-19,21-22H,2-15H2,1H3. The minimum Gasteiger partial charge on any atom is -0.195 e. The maximum Gasteiger partial charge on any atom is 0.0739 e. The van der Waals surface area contributed by atoms with Crippen molar-refractivity contribution in [3.63, 3.8) is 0 Å². The van der Waals surface area contributed by atoms with Gasteiger partial charge in [-0.3, -0.25) is 0 Å². The van der Waals surface area contributed by atoms with Gasteiger partial charge < -0.3 is 0 Å². The summed E-state index contributed by atoms with van der Waals surface area (Å²) in [6.07, 6.45) is 20.0. The lowest BCUT2D eigenvalue weighted by Crippen LogP contribution is -2.13. The highest BCUT2D eigenvalue weighted by atomic mass is 32.1. The number of benzene rings is 1. The Bertz CT molecular complexity index is 522. The number of rotatable bonds is 12. The van der Waals surface area contributed by atoms with Gasteiger partial charge in [0, 0.05) is 0 Å². The lowest BCUT2D eigenvalue weighted by molar-refractivity contribution is 0.302. The summed E-state index contributed by atoms with van der Waals surface area (Å²) in [6.45, 7) is 2.29. The molecule has 0 amide bonds. The molecule has 0 heterocycles. The van der Waals surface area contributed by atoms with Crippen LogP contribution in [0.3, 0.4) is 0 Å². The van der Waals surface area contributed by atoms with Crippen LogP contribution in [0.1, 0.15) is 108 Å². The van der Waals surface area contributed by atoms with E-state index in [2.05, 4.69) is 53.6 Å². The molecule has 0 unspecified atom stereocenters. The largest absolute Gasteiger partial charge is 0.195 e. The molecule has 2 heteroatoms. The van der Waals surface area contributed by atoms with Gasteiger partial charge in [-0.1, -0.05) is 83.3 Å². The third-order valence-electron chi connectivity index (χ3n) is 6.10. The van der Waals surface area contributed by atoms with E-state index in [-0.39, 0.29) is 0 Å². The van der Waals surface area contributed by atoms with E-state index < -0.39 is 0 Å². The molecule has 1 fully saturated rings. The van der Waals surface area contributed by atoms with Crippen molar-refractivity contribution in [3.8, 4) is 0 Å². The average Bonchev–Trinajstić information content (AvgIpc) is 2.68. The van der Waals surface area contributed by atoms with Crippen LogP contribution in [0.15, 0.2) is 29.3 Å². The molecule has 0 aliphatic heterocycles. The van der Waals surface area contributed by atoms with Crippen molar-refractivity contribution in [2.24, 2.45) is 10.9 Å². The molecule has 0 aromatic heterocycles. The Morgan fingerprint density at radius 2 is 1.42 bits per heavy atom.